The highest BCUT2D eigenvalue weighted by molar-refractivity contribution is 5.38. The summed E-state index contributed by atoms with van der Waals surface area (Å²) in [5.74, 6) is 0. The Kier molecular flexibility index (Phi) is 4.51. The lowest BCUT2D eigenvalue weighted by atomic mass is 10.1. The molecule has 4 heteroatoms. The maximum Gasteiger partial charge on any atom is 0.0995 e. The van der Waals surface area contributed by atoms with Crippen molar-refractivity contribution >= 4 is 0 Å². The summed E-state index contributed by atoms with van der Waals surface area (Å²) in [6, 6.07) is 20.3. The maximum atomic E-state index is 9.18. The molecule has 3 aromatic rings. The molecule has 0 saturated carbocycles. The number of hydrogen-bond donors (Lipinski definition) is 0. The summed E-state index contributed by atoms with van der Waals surface area (Å²) in [5.41, 5.74) is 4.07. The van der Waals surface area contributed by atoms with Crippen LogP contribution >= 0.6 is 0 Å². The van der Waals surface area contributed by atoms with E-state index in [2.05, 4.69) is 35.2 Å². The predicted molar refractivity (Wildman–Crippen MR) is 89.9 cm³/mol. The van der Waals surface area contributed by atoms with Gasteiger partial charge in [-0.3, -0.25) is 4.90 Å². The average molecular weight is 302 g/mol. The van der Waals surface area contributed by atoms with Crippen LogP contribution in [0.3, 0.4) is 0 Å². The standard InChI is InChI=1S/C19H18N4/c1-22(15-18-8-3-2-7-17(18)13-20)14-16-6-4-9-19(12-16)23-11-5-10-21-23/h2-12H,14-15H2,1H3. The Bertz CT molecular complexity index is 815. The molecule has 0 bridgehead atoms. The van der Waals surface area contributed by atoms with Gasteiger partial charge in [-0.2, -0.15) is 10.4 Å². The number of hydrogen-bond acceptors (Lipinski definition) is 3. The molecule has 2 aromatic carbocycles. The topological polar surface area (TPSA) is 44.9 Å². The monoisotopic (exact) mass is 302 g/mol. The fourth-order valence-electron chi connectivity index (χ4n) is 2.64. The lowest BCUT2D eigenvalue weighted by Gasteiger charge is -2.18. The molecule has 4 nitrogen and oxygen atoms in total. The second kappa shape index (κ2) is 6.91. The zero-order valence-corrected chi connectivity index (χ0v) is 13.1. The summed E-state index contributed by atoms with van der Waals surface area (Å²) in [6.45, 7) is 1.56. The van der Waals surface area contributed by atoms with Crippen LogP contribution in [-0.2, 0) is 13.1 Å². The molecule has 1 heterocycles. The third-order valence-electron chi connectivity index (χ3n) is 3.71. The van der Waals surface area contributed by atoms with Gasteiger partial charge >= 0.3 is 0 Å². The van der Waals surface area contributed by atoms with Crippen molar-refractivity contribution in [2.24, 2.45) is 0 Å². The van der Waals surface area contributed by atoms with Gasteiger partial charge in [0.05, 0.1) is 17.3 Å². The largest absolute Gasteiger partial charge is 0.298 e. The van der Waals surface area contributed by atoms with Crippen LogP contribution in [0.15, 0.2) is 67.0 Å². The summed E-state index contributed by atoms with van der Waals surface area (Å²) in [5, 5.41) is 13.4. The Morgan fingerprint density at radius 1 is 1.09 bits per heavy atom. The van der Waals surface area contributed by atoms with E-state index < -0.39 is 0 Å². The smallest absolute Gasteiger partial charge is 0.0995 e. The third-order valence-corrected chi connectivity index (χ3v) is 3.71. The fraction of sp³-hybridized carbons (Fsp3) is 0.158. The first-order valence-electron chi connectivity index (χ1n) is 7.52. The summed E-state index contributed by atoms with van der Waals surface area (Å²) in [6.07, 6.45) is 3.71. The van der Waals surface area contributed by atoms with Crippen LogP contribution < -0.4 is 0 Å². The maximum absolute atomic E-state index is 9.18. The van der Waals surface area contributed by atoms with E-state index in [0.717, 1.165) is 29.9 Å². The van der Waals surface area contributed by atoms with Gasteiger partial charge < -0.3 is 0 Å². The molecule has 0 radical (unpaired) electrons. The zero-order valence-electron chi connectivity index (χ0n) is 13.1. The summed E-state index contributed by atoms with van der Waals surface area (Å²) < 4.78 is 1.86. The quantitative estimate of drug-likeness (QED) is 0.726. The van der Waals surface area contributed by atoms with Gasteiger partial charge in [0.2, 0.25) is 0 Å². The minimum Gasteiger partial charge on any atom is -0.298 e. The van der Waals surface area contributed by atoms with Crippen LogP contribution in [0.2, 0.25) is 0 Å². The van der Waals surface area contributed by atoms with E-state index in [1.807, 2.05) is 53.3 Å². The van der Waals surface area contributed by atoms with Gasteiger partial charge in [0.1, 0.15) is 0 Å². The minimum atomic E-state index is 0.740. The molecule has 0 atom stereocenters. The molecule has 0 aliphatic rings. The lowest BCUT2D eigenvalue weighted by Crippen LogP contribution is -2.18. The Hall–Kier alpha value is -2.90. The van der Waals surface area contributed by atoms with Crippen LogP contribution in [0.4, 0.5) is 0 Å². The van der Waals surface area contributed by atoms with Crippen LogP contribution in [-0.4, -0.2) is 21.7 Å². The van der Waals surface area contributed by atoms with E-state index in [4.69, 9.17) is 0 Å². The van der Waals surface area contributed by atoms with Crippen molar-refractivity contribution in [2.45, 2.75) is 13.1 Å². The van der Waals surface area contributed by atoms with E-state index in [1.165, 1.54) is 5.56 Å². The van der Waals surface area contributed by atoms with Gasteiger partial charge in [-0.25, -0.2) is 4.68 Å². The van der Waals surface area contributed by atoms with Crippen LogP contribution in [0.25, 0.3) is 5.69 Å². The van der Waals surface area contributed by atoms with Crippen molar-refractivity contribution in [2.75, 3.05) is 7.05 Å². The highest BCUT2D eigenvalue weighted by Crippen LogP contribution is 2.14. The van der Waals surface area contributed by atoms with Crippen molar-refractivity contribution in [1.29, 1.82) is 5.26 Å². The number of nitrogens with zero attached hydrogens (tertiary/aromatic N) is 4. The number of benzene rings is 2. The van der Waals surface area contributed by atoms with Gasteiger partial charge in [-0.15, -0.1) is 0 Å². The molecule has 0 spiro atoms. The molecule has 0 N–H and O–H groups in total. The van der Waals surface area contributed by atoms with Crippen molar-refractivity contribution in [1.82, 2.24) is 14.7 Å². The van der Waals surface area contributed by atoms with Gasteiger partial charge in [-0.1, -0.05) is 30.3 Å². The van der Waals surface area contributed by atoms with Crippen molar-refractivity contribution in [3.63, 3.8) is 0 Å². The number of nitriles is 1. The van der Waals surface area contributed by atoms with Gasteiger partial charge in [-0.05, 0) is 42.4 Å². The highest BCUT2D eigenvalue weighted by Gasteiger charge is 2.06. The Morgan fingerprint density at radius 2 is 1.96 bits per heavy atom. The summed E-state index contributed by atoms with van der Waals surface area (Å²) in [7, 11) is 2.06. The molecule has 1 aromatic heterocycles. The minimum absolute atomic E-state index is 0.740. The van der Waals surface area contributed by atoms with E-state index in [-0.39, 0.29) is 0 Å². The average Bonchev–Trinajstić information content (AvgIpc) is 3.10. The molecule has 114 valence electrons. The van der Waals surface area contributed by atoms with Crippen molar-refractivity contribution < 1.29 is 0 Å². The van der Waals surface area contributed by atoms with E-state index in [0.29, 0.717) is 0 Å². The van der Waals surface area contributed by atoms with Crippen LogP contribution in [0.1, 0.15) is 16.7 Å². The van der Waals surface area contributed by atoms with Crippen LogP contribution in [0, 0.1) is 11.3 Å². The Morgan fingerprint density at radius 3 is 2.74 bits per heavy atom. The second-order valence-corrected chi connectivity index (χ2v) is 5.56. The van der Waals surface area contributed by atoms with Gasteiger partial charge in [0.25, 0.3) is 0 Å². The number of rotatable bonds is 5. The number of aromatic nitrogens is 2. The second-order valence-electron chi connectivity index (χ2n) is 5.56. The van der Waals surface area contributed by atoms with Crippen molar-refractivity contribution in [3.8, 4) is 11.8 Å². The van der Waals surface area contributed by atoms with Crippen molar-refractivity contribution in [3.05, 3.63) is 83.7 Å². The predicted octanol–water partition coefficient (Wildman–Crippen LogP) is 3.38. The summed E-state index contributed by atoms with van der Waals surface area (Å²) >= 11 is 0. The molecule has 0 aliphatic carbocycles. The molecule has 0 saturated heterocycles. The van der Waals surface area contributed by atoms with E-state index in [1.54, 1.807) is 6.20 Å². The molecule has 0 fully saturated rings. The summed E-state index contributed by atoms with van der Waals surface area (Å²) in [4.78, 5) is 2.21. The molecule has 0 aliphatic heterocycles. The van der Waals surface area contributed by atoms with E-state index >= 15 is 0 Å². The van der Waals surface area contributed by atoms with Gasteiger partial charge in [0.15, 0.2) is 0 Å². The normalized spacial score (nSPS) is 10.7. The highest BCUT2D eigenvalue weighted by atomic mass is 15.3. The molecular formula is C19H18N4. The Labute approximate surface area is 136 Å². The first-order chi connectivity index (χ1) is 11.3. The SMILES string of the molecule is CN(Cc1cccc(-n2cccn2)c1)Cc1ccccc1C#N. The Balaban J connectivity index is 1.72. The fourth-order valence-corrected chi connectivity index (χ4v) is 2.64. The zero-order chi connectivity index (χ0) is 16.1. The molecule has 3 rings (SSSR count). The van der Waals surface area contributed by atoms with Gasteiger partial charge in [0, 0.05) is 25.5 Å². The van der Waals surface area contributed by atoms with Crippen LogP contribution in [0.5, 0.6) is 0 Å². The lowest BCUT2D eigenvalue weighted by molar-refractivity contribution is 0.319. The third kappa shape index (κ3) is 3.65. The first kappa shape index (κ1) is 15.0. The first-order valence-corrected chi connectivity index (χ1v) is 7.52. The molecule has 23 heavy (non-hydrogen) atoms. The van der Waals surface area contributed by atoms with E-state index in [9.17, 15) is 5.26 Å². The molecular weight excluding hydrogens is 284 g/mol. The molecule has 0 amide bonds. The molecule has 0 unspecified atom stereocenters.